The number of rotatable bonds is 6. The van der Waals surface area contributed by atoms with E-state index in [9.17, 15) is 4.79 Å². The van der Waals surface area contributed by atoms with E-state index < -0.39 is 0 Å². The number of benzene rings is 1. The maximum absolute atomic E-state index is 12.5. The van der Waals surface area contributed by atoms with Crippen LogP contribution in [0.5, 0.6) is 0 Å². The highest BCUT2D eigenvalue weighted by Crippen LogP contribution is 2.35. The van der Waals surface area contributed by atoms with Crippen LogP contribution in [0.3, 0.4) is 0 Å². The van der Waals surface area contributed by atoms with Crippen molar-refractivity contribution in [3.05, 3.63) is 34.9 Å². The molecule has 1 amide bonds. The van der Waals surface area contributed by atoms with Gasteiger partial charge in [0, 0.05) is 50.7 Å². The van der Waals surface area contributed by atoms with E-state index in [0.29, 0.717) is 30.8 Å². The second kappa shape index (κ2) is 13.6. The summed E-state index contributed by atoms with van der Waals surface area (Å²) in [7, 11) is 3.97. The number of guanidine groups is 1. The van der Waals surface area contributed by atoms with Crippen molar-refractivity contribution in [1.82, 2.24) is 20.4 Å². The van der Waals surface area contributed by atoms with Gasteiger partial charge in [-0.3, -0.25) is 14.7 Å². The smallest absolute Gasteiger partial charge is 0.224 e. The third kappa shape index (κ3) is 7.76. The van der Waals surface area contributed by atoms with Crippen molar-refractivity contribution >= 4 is 47.4 Å². The second-order valence-corrected chi connectivity index (χ2v) is 9.54. The summed E-state index contributed by atoms with van der Waals surface area (Å²) in [5, 5.41) is 7.60. The molecule has 0 aliphatic carbocycles. The van der Waals surface area contributed by atoms with Gasteiger partial charge in [0.05, 0.1) is 0 Å². The summed E-state index contributed by atoms with van der Waals surface area (Å²) in [6.45, 7) is 6.55. The van der Waals surface area contributed by atoms with Crippen molar-refractivity contribution in [2.75, 3.05) is 46.8 Å². The van der Waals surface area contributed by atoms with Crippen LogP contribution in [0.25, 0.3) is 0 Å². The zero-order chi connectivity index (χ0) is 22.2. The molecule has 2 fully saturated rings. The third-order valence-corrected chi connectivity index (χ3v) is 6.83. The zero-order valence-corrected chi connectivity index (χ0v) is 22.7. The van der Waals surface area contributed by atoms with Crippen molar-refractivity contribution in [2.45, 2.75) is 45.1 Å². The lowest BCUT2D eigenvalue weighted by Crippen LogP contribution is -2.46. The predicted octanol–water partition coefficient (Wildman–Crippen LogP) is 4.15. The lowest BCUT2D eigenvalue weighted by Gasteiger charge is -2.40. The number of aliphatic imine (C=N–C) groups is 1. The molecule has 0 bridgehead atoms. The molecule has 6 nitrogen and oxygen atoms in total. The molecule has 0 saturated carbocycles. The Kier molecular flexibility index (Phi) is 11.6. The number of hydrogen-bond acceptors (Lipinski definition) is 3. The fourth-order valence-electron chi connectivity index (χ4n) is 5.00. The molecule has 1 aromatic rings. The molecule has 180 valence electrons. The van der Waals surface area contributed by atoms with Crippen molar-refractivity contribution in [1.29, 1.82) is 0 Å². The highest BCUT2D eigenvalue weighted by atomic mass is 127. The largest absolute Gasteiger partial charge is 0.356 e. The van der Waals surface area contributed by atoms with E-state index in [1.54, 1.807) is 7.05 Å². The average molecular weight is 576 g/mol. The van der Waals surface area contributed by atoms with E-state index in [0.717, 1.165) is 50.0 Å². The summed E-state index contributed by atoms with van der Waals surface area (Å²) in [6.07, 6.45) is 5.20. The summed E-state index contributed by atoms with van der Waals surface area (Å²) in [5.41, 5.74) is 1.27. The van der Waals surface area contributed by atoms with Gasteiger partial charge in [0.15, 0.2) is 5.96 Å². The Hall–Kier alpha value is -1.06. The first-order valence-corrected chi connectivity index (χ1v) is 12.0. The van der Waals surface area contributed by atoms with Crippen molar-refractivity contribution in [3.63, 3.8) is 0 Å². The van der Waals surface area contributed by atoms with Crippen molar-refractivity contribution in [3.8, 4) is 0 Å². The predicted molar refractivity (Wildman–Crippen MR) is 144 cm³/mol. The molecule has 0 radical (unpaired) electrons. The standard InChI is InChI=1S/C24H38ClN5O.HI/c1-18-7-5-14-30(17-18)22(31)11-12-27-24(26-2)28-16-20-9-6-13-29(3)23(20)19-8-4-10-21(25)15-19;/h4,8,10,15,18,20,23H,5-7,9,11-14,16-17H2,1-3H3,(H2,26,27,28);1H. The van der Waals surface area contributed by atoms with Gasteiger partial charge in [-0.2, -0.15) is 0 Å². The molecule has 1 aromatic carbocycles. The first kappa shape index (κ1) is 27.2. The Balaban J connectivity index is 0.00000363. The van der Waals surface area contributed by atoms with Gasteiger partial charge in [-0.25, -0.2) is 0 Å². The number of nitrogens with zero attached hydrogens (tertiary/aromatic N) is 3. The van der Waals surface area contributed by atoms with Gasteiger partial charge in [0.1, 0.15) is 0 Å². The van der Waals surface area contributed by atoms with Crippen LogP contribution in [-0.4, -0.2) is 68.5 Å². The fourth-order valence-corrected chi connectivity index (χ4v) is 5.20. The highest BCUT2D eigenvalue weighted by molar-refractivity contribution is 14.0. The molecule has 2 heterocycles. The molecule has 3 rings (SSSR count). The molecule has 2 aliphatic rings. The fraction of sp³-hybridized carbons (Fsp3) is 0.667. The minimum Gasteiger partial charge on any atom is -0.356 e. The Morgan fingerprint density at radius 3 is 2.72 bits per heavy atom. The molecule has 2 aliphatic heterocycles. The number of carbonyl (C=O) groups is 1. The molecule has 2 N–H and O–H groups in total. The zero-order valence-electron chi connectivity index (χ0n) is 19.6. The quantitative estimate of drug-likeness (QED) is 0.304. The van der Waals surface area contributed by atoms with E-state index in [-0.39, 0.29) is 29.9 Å². The number of hydrogen-bond donors (Lipinski definition) is 2. The van der Waals surface area contributed by atoms with Gasteiger partial charge in [-0.05, 0) is 68.8 Å². The first-order chi connectivity index (χ1) is 15.0. The summed E-state index contributed by atoms with van der Waals surface area (Å²) in [5.74, 6) is 2.08. The Morgan fingerprint density at radius 1 is 1.22 bits per heavy atom. The van der Waals surface area contributed by atoms with Crippen LogP contribution in [-0.2, 0) is 4.79 Å². The van der Waals surface area contributed by atoms with Gasteiger partial charge in [-0.15, -0.1) is 24.0 Å². The van der Waals surface area contributed by atoms with E-state index >= 15 is 0 Å². The maximum Gasteiger partial charge on any atom is 0.224 e. The molecular weight excluding hydrogens is 537 g/mol. The van der Waals surface area contributed by atoms with Crippen molar-refractivity contribution < 1.29 is 4.79 Å². The molecule has 3 atom stereocenters. The third-order valence-electron chi connectivity index (χ3n) is 6.59. The highest BCUT2D eigenvalue weighted by Gasteiger charge is 2.30. The molecule has 8 heteroatoms. The molecule has 3 unspecified atom stereocenters. The van der Waals surface area contributed by atoms with Gasteiger partial charge in [-0.1, -0.05) is 30.7 Å². The number of carbonyl (C=O) groups excluding carboxylic acids is 1. The summed E-state index contributed by atoms with van der Waals surface area (Å²) < 4.78 is 0. The monoisotopic (exact) mass is 575 g/mol. The van der Waals surface area contributed by atoms with Crippen LogP contribution in [0.1, 0.15) is 50.6 Å². The molecule has 0 aromatic heterocycles. The van der Waals surface area contributed by atoms with Gasteiger partial charge >= 0.3 is 0 Å². The first-order valence-electron chi connectivity index (χ1n) is 11.7. The Labute approximate surface area is 215 Å². The SMILES string of the molecule is CN=C(NCCC(=O)N1CCCC(C)C1)NCC1CCCN(C)C1c1cccc(Cl)c1.I. The van der Waals surface area contributed by atoms with Crippen molar-refractivity contribution in [2.24, 2.45) is 16.8 Å². The number of nitrogens with one attached hydrogen (secondary N) is 2. The topological polar surface area (TPSA) is 60.0 Å². The normalized spacial score (nSPS) is 24.6. The van der Waals surface area contributed by atoms with E-state index in [1.165, 1.54) is 18.4 Å². The van der Waals surface area contributed by atoms with E-state index in [2.05, 4.69) is 46.6 Å². The molecule has 0 spiro atoms. The van der Waals surface area contributed by atoms with Crippen LogP contribution in [0.15, 0.2) is 29.3 Å². The van der Waals surface area contributed by atoms with E-state index in [1.807, 2.05) is 17.0 Å². The molecular formula is C24H39ClIN5O. The van der Waals surface area contributed by atoms with Crippen LogP contribution in [0.4, 0.5) is 0 Å². The molecule has 32 heavy (non-hydrogen) atoms. The average Bonchev–Trinajstić information content (AvgIpc) is 2.76. The van der Waals surface area contributed by atoms with E-state index in [4.69, 9.17) is 11.6 Å². The second-order valence-electron chi connectivity index (χ2n) is 9.10. The van der Waals surface area contributed by atoms with Gasteiger partial charge in [0.25, 0.3) is 0 Å². The van der Waals surface area contributed by atoms with Crippen LogP contribution in [0, 0.1) is 11.8 Å². The van der Waals surface area contributed by atoms with Crippen LogP contribution >= 0.6 is 35.6 Å². The maximum atomic E-state index is 12.5. The summed E-state index contributed by atoms with van der Waals surface area (Å²) in [6, 6.07) is 8.55. The number of halogens is 2. The van der Waals surface area contributed by atoms with Gasteiger partial charge in [0.2, 0.25) is 5.91 Å². The number of amides is 1. The Morgan fingerprint density at radius 2 is 2.00 bits per heavy atom. The summed E-state index contributed by atoms with van der Waals surface area (Å²) in [4.78, 5) is 21.3. The minimum atomic E-state index is 0. The summed E-state index contributed by atoms with van der Waals surface area (Å²) >= 11 is 6.26. The number of likely N-dealkylation sites (tertiary alicyclic amines) is 2. The number of piperidine rings is 2. The lowest BCUT2D eigenvalue weighted by atomic mass is 9.85. The van der Waals surface area contributed by atoms with Crippen LogP contribution < -0.4 is 10.6 Å². The lowest BCUT2D eigenvalue weighted by molar-refractivity contribution is -0.132. The Bertz CT molecular complexity index is 762. The minimum absolute atomic E-state index is 0. The van der Waals surface area contributed by atoms with Gasteiger partial charge < -0.3 is 15.5 Å². The van der Waals surface area contributed by atoms with Crippen LogP contribution in [0.2, 0.25) is 5.02 Å². The molecule has 2 saturated heterocycles.